The Labute approximate surface area is 123 Å². The predicted molar refractivity (Wildman–Crippen MR) is 76.5 cm³/mol. The molecule has 4 nitrogen and oxygen atoms in total. The third-order valence-electron chi connectivity index (χ3n) is 2.80. The molecule has 20 heavy (non-hydrogen) atoms. The van der Waals surface area contributed by atoms with Crippen molar-refractivity contribution in [1.82, 2.24) is 20.2 Å². The van der Waals surface area contributed by atoms with Gasteiger partial charge in [-0.2, -0.15) is 4.80 Å². The van der Waals surface area contributed by atoms with E-state index < -0.39 is 0 Å². The van der Waals surface area contributed by atoms with E-state index in [-0.39, 0.29) is 12.4 Å². The molecule has 1 aromatic heterocycles. The smallest absolute Gasteiger partial charge is 0.204 e. The molecule has 0 amide bonds. The van der Waals surface area contributed by atoms with Crippen LogP contribution in [0, 0.1) is 5.82 Å². The minimum atomic E-state index is -0.285. The molecule has 0 atom stereocenters. The van der Waals surface area contributed by atoms with Crippen molar-refractivity contribution in [3.8, 4) is 11.4 Å². The van der Waals surface area contributed by atoms with Crippen molar-refractivity contribution < 1.29 is 4.39 Å². The van der Waals surface area contributed by atoms with Gasteiger partial charge in [0, 0.05) is 15.6 Å². The van der Waals surface area contributed by atoms with E-state index in [4.69, 9.17) is 0 Å². The lowest BCUT2D eigenvalue weighted by molar-refractivity contribution is 0.538. The molecule has 100 valence electrons. The normalized spacial score (nSPS) is 10.7. The second kappa shape index (κ2) is 5.50. The van der Waals surface area contributed by atoms with Crippen molar-refractivity contribution >= 4 is 15.9 Å². The van der Waals surface area contributed by atoms with E-state index in [0.717, 1.165) is 10.0 Å². The van der Waals surface area contributed by atoms with Crippen LogP contribution in [0.15, 0.2) is 53.0 Å². The lowest BCUT2D eigenvalue weighted by Gasteiger charge is -2.02. The largest absolute Gasteiger partial charge is 0.207 e. The first-order valence-electron chi connectivity index (χ1n) is 5.99. The van der Waals surface area contributed by atoms with E-state index in [1.807, 2.05) is 30.3 Å². The van der Waals surface area contributed by atoms with Crippen molar-refractivity contribution in [2.45, 2.75) is 6.54 Å². The molecule has 0 aliphatic carbocycles. The van der Waals surface area contributed by atoms with Crippen LogP contribution in [0.3, 0.4) is 0 Å². The lowest BCUT2D eigenvalue weighted by atomic mass is 10.2. The number of aromatic nitrogens is 4. The lowest BCUT2D eigenvalue weighted by Crippen LogP contribution is -2.05. The van der Waals surface area contributed by atoms with Crippen molar-refractivity contribution in [3.63, 3.8) is 0 Å². The number of rotatable bonds is 3. The highest BCUT2D eigenvalue weighted by atomic mass is 79.9. The van der Waals surface area contributed by atoms with Crippen LogP contribution in [0.5, 0.6) is 0 Å². The molecule has 0 saturated carbocycles. The number of hydrogen-bond acceptors (Lipinski definition) is 3. The van der Waals surface area contributed by atoms with Crippen LogP contribution in [-0.2, 0) is 6.54 Å². The number of benzene rings is 2. The third kappa shape index (κ3) is 2.75. The van der Waals surface area contributed by atoms with Gasteiger partial charge in [-0.05, 0) is 23.4 Å². The van der Waals surface area contributed by atoms with Crippen LogP contribution in [0.25, 0.3) is 11.4 Å². The predicted octanol–water partition coefficient (Wildman–Crippen LogP) is 3.29. The van der Waals surface area contributed by atoms with Gasteiger partial charge in [-0.25, -0.2) is 4.39 Å². The monoisotopic (exact) mass is 332 g/mol. The number of hydrogen-bond donors (Lipinski definition) is 0. The molecule has 3 aromatic rings. The first-order valence-corrected chi connectivity index (χ1v) is 6.79. The van der Waals surface area contributed by atoms with Gasteiger partial charge >= 0.3 is 0 Å². The second-order valence-corrected chi connectivity index (χ2v) is 5.16. The SMILES string of the molecule is Fc1ccc(Br)cc1Cn1nnc(-c2ccccc2)n1. The third-order valence-corrected chi connectivity index (χ3v) is 3.30. The first kappa shape index (κ1) is 12.9. The summed E-state index contributed by atoms with van der Waals surface area (Å²) in [5.74, 6) is 0.243. The first-order chi connectivity index (χ1) is 9.72. The fourth-order valence-electron chi connectivity index (χ4n) is 1.83. The van der Waals surface area contributed by atoms with Crippen LogP contribution in [0.2, 0.25) is 0 Å². The molecule has 0 aliphatic rings. The van der Waals surface area contributed by atoms with Crippen LogP contribution in [0.1, 0.15) is 5.56 Å². The van der Waals surface area contributed by atoms with Gasteiger partial charge in [-0.1, -0.05) is 46.3 Å². The van der Waals surface area contributed by atoms with Crippen LogP contribution in [-0.4, -0.2) is 20.2 Å². The highest BCUT2D eigenvalue weighted by Crippen LogP contribution is 2.17. The molecule has 0 aliphatic heterocycles. The Kier molecular flexibility index (Phi) is 3.56. The summed E-state index contributed by atoms with van der Waals surface area (Å²) in [6, 6.07) is 14.3. The maximum atomic E-state index is 13.7. The fraction of sp³-hybridized carbons (Fsp3) is 0.0714. The summed E-state index contributed by atoms with van der Waals surface area (Å²) < 4.78 is 14.5. The van der Waals surface area contributed by atoms with Gasteiger partial charge in [-0.15, -0.1) is 10.2 Å². The van der Waals surface area contributed by atoms with Crippen molar-refractivity contribution in [2.24, 2.45) is 0 Å². The van der Waals surface area contributed by atoms with Crippen molar-refractivity contribution in [1.29, 1.82) is 0 Å². The number of nitrogens with zero attached hydrogens (tertiary/aromatic N) is 4. The van der Waals surface area contributed by atoms with E-state index in [1.165, 1.54) is 10.9 Å². The van der Waals surface area contributed by atoms with Crippen molar-refractivity contribution in [3.05, 3.63) is 64.4 Å². The van der Waals surface area contributed by atoms with Gasteiger partial charge in [0.2, 0.25) is 5.82 Å². The topological polar surface area (TPSA) is 43.6 Å². The van der Waals surface area contributed by atoms with E-state index in [1.54, 1.807) is 12.1 Å². The Hall–Kier alpha value is -2.08. The summed E-state index contributed by atoms with van der Waals surface area (Å²) in [5, 5.41) is 12.2. The summed E-state index contributed by atoms with van der Waals surface area (Å²) in [4.78, 5) is 1.38. The average Bonchev–Trinajstić information content (AvgIpc) is 2.92. The number of tetrazole rings is 1. The Morgan fingerprint density at radius 1 is 1.10 bits per heavy atom. The molecule has 0 N–H and O–H groups in total. The molecule has 0 saturated heterocycles. The molecular weight excluding hydrogens is 323 g/mol. The zero-order valence-electron chi connectivity index (χ0n) is 10.4. The summed E-state index contributed by atoms with van der Waals surface area (Å²) in [7, 11) is 0. The maximum Gasteiger partial charge on any atom is 0.204 e. The highest BCUT2D eigenvalue weighted by molar-refractivity contribution is 9.10. The summed E-state index contributed by atoms with van der Waals surface area (Å²) in [6.45, 7) is 0.241. The van der Waals surface area contributed by atoms with Crippen LogP contribution < -0.4 is 0 Å². The molecule has 2 aromatic carbocycles. The highest BCUT2D eigenvalue weighted by Gasteiger charge is 2.08. The molecular formula is C14H10BrFN4. The quantitative estimate of drug-likeness (QED) is 0.739. The summed E-state index contributed by atoms with van der Waals surface area (Å²) in [6.07, 6.45) is 0. The van der Waals surface area contributed by atoms with Gasteiger partial charge in [0.1, 0.15) is 5.82 Å². The molecule has 0 radical (unpaired) electrons. The molecule has 0 unspecified atom stereocenters. The van der Waals surface area contributed by atoms with Gasteiger partial charge in [-0.3, -0.25) is 0 Å². The minimum Gasteiger partial charge on any atom is -0.207 e. The zero-order valence-corrected chi connectivity index (χ0v) is 12.0. The molecule has 6 heteroatoms. The average molecular weight is 333 g/mol. The van der Waals surface area contributed by atoms with Crippen molar-refractivity contribution in [2.75, 3.05) is 0 Å². The molecule has 0 bridgehead atoms. The van der Waals surface area contributed by atoms with Crippen LogP contribution >= 0.6 is 15.9 Å². The van der Waals surface area contributed by atoms with Gasteiger partial charge in [0.15, 0.2) is 0 Å². The van der Waals surface area contributed by atoms with E-state index in [2.05, 4.69) is 31.3 Å². The molecule has 3 rings (SSSR count). The van der Waals surface area contributed by atoms with Gasteiger partial charge in [0.05, 0.1) is 6.54 Å². The minimum absolute atomic E-state index is 0.241. The van der Waals surface area contributed by atoms with E-state index in [9.17, 15) is 4.39 Å². The van der Waals surface area contributed by atoms with Gasteiger partial charge in [0.25, 0.3) is 0 Å². The van der Waals surface area contributed by atoms with Crippen LogP contribution in [0.4, 0.5) is 4.39 Å². The second-order valence-electron chi connectivity index (χ2n) is 4.25. The fourth-order valence-corrected chi connectivity index (χ4v) is 2.24. The Balaban J connectivity index is 1.86. The number of halogens is 2. The Morgan fingerprint density at radius 2 is 1.90 bits per heavy atom. The summed E-state index contributed by atoms with van der Waals surface area (Å²) in [5.41, 5.74) is 1.39. The van der Waals surface area contributed by atoms with E-state index in [0.29, 0.717) is 11.4 Å². The molecule has 0 spiro atoms. The molecule has 0 fully saturated rings. The Bertz CT molecular complexity index is 727. The van der Waals surface area contributed by atoms with Gasteiger partial charge < -0.3 is 0 Å². The zero-order chi connectivity index (χ0) is 13.9. The summed E-state index contributed by atoms with van der Waals surface area (Å²) >= 11 is 3.32. The van der Waals surface area contributed by atoms with E-state index >= 15 is 0 Å². The maximum absolute atomic E-state index is 13.7. The Morgan fingerprint density at radius 3 is 2.70 bits per heavy atom. The molecule has 1 heterocycles. The standard InChI is InChI=1S/C14H10BrFN4/c15-12-6-7-13(16)11(8-12)9-20-18-14(17-19-20)10-4-2-1-3-5-10/h1-8H,9H2.